The number of carboxylic acid groups (broad SMARTS) is 1. The molecule has 5 nitrogen and oxygen atoms in total. The zero-order valence-electron chi connectivity index (χ0n) is 7.80. The van der Waals surface area contributed by atoms with Crippen LogP contribution in [0.4, 0.5) is 0 Å². The first-order valence-electron chi connectivity index (χ1n) is 4.27. The quantitative estimate of drug-likeness (QED) is 0.579. The second kappa shape index (κ2) is 2.64. The predicted octanol–water partition coefficient (Wildman–Crippen LogP) is -0.506. The number of thioether (sulfide) groups is 1. The molecule has 0 aromatic rings. The zero-order valence-corrected chi connectivity index (χ0v) is 8.61. The van der Waals surface area contributed by atoms with Gasteiger partial charge in [-0.3, -0.25) is 4.79 Å². The van der Waals surface area contributed by atoms with Crippen LogP contribution in [0.1, 0.15) is 13.8 Å². The van der Waals surface area contributed by atoms with Crippen molar-refractivity contribution >= 4 is 23.6 Å². The zero-order chi connectivity index (χ0) is 10.7. The minimum Gasteiger partial charge on any atom is -0.480 e. The summed E-state index contributed by atoms with van der Waals surface area (Å²) < 4.78 is -0.538. The summed E-state index contributed by atoms with van der Waals surface area (Å²) in [6.45, 7) is 3.55. The van der Waals surface area contributed by atoms with Crippen LogP contribution in [0.25, 0.3) is 0 Å². The summed E-state index contributed by atoms with van der Waals surface area (Å²) in [6, 6.07) is -0.826. The first-order chi connectivity index (χ1) is 6.36. The molecule has 0 aromatic heterocycles. The van der Waals surface area contributed by atoms with Gasteiger partial charge in [0.1, 0.15) is 11.4 Å². The molecule has 2 heterocycles. The highest BCUT2D eigenvalue weighted by molar-refractivity contribution is 8.01. The van der Waals surface area contributed by atoms with Crippen molar-refractivity contribution < 1.29 is 19.8 Å². The van der Waals surface area contributed by atoms with Gasteiger partial charge in [-0.1, -0.05) is 0 Å². The molecule has 0 spiro atoms. The van der Waals surface area contributed by atoms with Gasteiger partial charge in [0.2, 0.25) is 0 Å². The Balaban J connectivity index is 2.32. The number of carboxylic acids is 1. The van der Waals surface area contributed by atoms with Crippen LogP contribution in [0.2, 0.25) is 0 Å². The fraction of sp³-hybridized carbons (Fsp3) is 0.750. The Kier molecular flexibility index (Phi) is 1.84. The molecule has 2 fully saturated rings. The Bertz CT molecular complexity index is 316. The molecule has 0 bridgehead atoms. The lowest BCUT2D eigenvalue weighted by molar-refractivity contribution is -0.169. The molecule has 2 rings (SSSR count). The van der Waals surface area contributed by atoms with Gasteiger partial charge < -0.3 is 15.1 Å². The SMILES string of the molecule is CC1(C)S[C@@H]2[C@H](O)C(=O)N2[C@H]1C(=O)O. The largest absolute Gasteiger partial charge is 0.480 e. The number of β-lactam (4-membered cyclic amide) rings is 1. The lowest BCUT2D eigenvalue weighted by Gasteiger charge is -2.40. The van der Waals surface area contributed by atoms with Gasteiger partial charge in [-0.25, -0.2) is 4.79 Å². The van der Waals surface area contributed by atoms with Gasteiger partial charge in [0.15, 0.2) is 6.10 Å². The van der Waals surface area contributed by atoms with Gasteiger partial charge >= 0.3 is 5.97 Å². The van der Waals surface area contributed by atoms with Crippen molar-refractivity contribution in [3.8, 4) is 0 Å². The summed E-state index contributed by atoms with van der Waals surface area (Å²) in [5.41, 5.74) is 0. The molecule has 14 heavy (non-hydrogen) atoms. The Morgan fingerprint density at radius 3 is 2.64 bits per heavy atom. The summed E-state index contributed by atoms with van der Waals surface area (Å²) in [6.07, 6.45) is -1.02. The molecule has 78 valence electrons. The normalized spacial score (nSPS) is 39.2. The van der Waals surface area contributed by atoms with E-state index in [-0.39, 0.29) is 5.37 Å². The molecule has 0 radical (unpaired) electrons. The van der Waals surface area contributed by atoms with Crippen molar-refractivity contribution in [2.75, 3.05) is 0 Å². The highest BCUT2D eigenvalue weighted by Crippen LogP contribution is 2.50. The highest BCUT2D eigenvalue weighted by Gasteiger charge is 2.63. The van der Waals surface area contributed by atoms with Crippen molar-refractivity contribution in [1.82, 2.24) is 4.90 Å². The van der Waals surface area contributed by atoms with Gasteiger partial charge in [-0.15, -0.1) is 11.8 Å². The predicted molar refractivity (Wildman–Crippen MR) is 49.7 cm³/mol. The maximum Gasteiger partial charge on any atom is 0.327 e. The lowest BCUT2D eigenvalue weighted by atomic mass is 9.97. The number of hydrogen-bond donors (Lipinski definition) is 2. The Morgan fingerprint density at radius 2 is 2.14 bits per heavy atom. The molecular formula is C8H11NO4S. The van der Waals surface area contributed by atoms with Crippen LogP contribution >= 0.6 is 11.8 Å². The van der Waals surface area contributed by atoms with E-state index in [0.717, 1.165) is 0 Å². The van der Waals surface area contributed by atoms with E-state index in [2.05, 4.69) is 0 Å². The minimum absolute atomic E-state index is 0.376. The third kappa shape index (κ3) is 1.01. The maximum atomic E-state index is 11.2. The molecular weight excluding hydrogens is 206 g/mol. The number of carbonyl (C=O) groups excluding carboxylic acids is 1. The monoisotopic (exact) mass is 217 g/mol. The molecule has 2 N–H and O–H groups in total. The molecule has 1 amide bonds. The number of aliphatic carboxylic acids is 1. The fourth-order valence-electron chi connectivity index (χ4n) is 1.99. The maximum absolute atomic E-state index is 11.2. The van der Waals surface area contributed by atoms with Crippen LogP contribution in [0, 0.1) is 0 Å². The first kappa shape index (κ1) is 9.79. The molecule has 2 aliphatic rings. The smallest absolute Gasteiger partial charge is 0.327 e. The van der Waals surface area contributed by atoms with Crippen molar-refractivity contribution in [3.05, 3.63) is 0 Å². The van der Waals surface area contributed by atoms with Crippen molar-refractivity contribution in [3.63, 3.8) is 0 Å². The van der Waals surface area contributed by atoms with E-state index in [1.54, 1.807) is 13.8 Å². The van der Waals surface area contributed by atoms with Crippen molar-refractivity contribution in [1.29, 1.82) is 0 Å². The van der Waals surface area contributed by atoms with Crippen LogP contribution in [-0.2, 0) is 9.59 Å². The van der Waals surface area contributed by atoms with Crippen molar-refractivity contribution in [2.45, 2.75) is 36.1 Å². The highest BCUT2D eigenvalue weighted by atomic mass is 32.2. The number of nitrogens with zero attached hydrogens (tertiary/aromatic N) is 1. The van der Waals surface area contributed by atoms with E-state index in [4.69, 9.17) is 5.11 Å². The second-order valence-electron chi connectivity index (χ2n) is 4.04. The van der Waals surface area contributed by atoms with Gasteiger partial charge in [0, 0.05) is 4.75 Å². The fourth-order valence-corrected chi connectivity index (χ4v) is 3.54. The van der Waals surface area contributed by atoms with Crippen LogP contribution in [0.5, 0.6) is 0 Å². The Morgan fingerprint density at radius 1 is 1.57 bits per heavy atom. The van der Waals surface area contributed by atoms with E-state index in [1.807, 2.05) is 0 Å². The van der Waals surface area contributed by atoms with Crippen LogP contribution < -0.4 is 0 Å². The van der Waals surface area contributed by atoms with Gasteiger partial charge in [-0.05, 0) is 13.8 Å². The first-order valence-corrected chi connectivity index (χ1v) is 5.15. The number of rotatable bonds is 1. The molecule has 2 aliphatic heterocycles. The Labute approximate surface area is 85.1 Å². The summed E-state index contributed by atoms with van der Waals surface area (Å²) >= 11 is 1.34. The number of carbonyl (C=O) groups is 2. The van der Waals surface area contributed by atoms with Crippen LogP contribution in [0.3, 0.4) is 0 Å². The molecule has 0 aromatic carbocycles. The van der Waals surface area contributed by atoms with Crippen LogP contribution in [0.15, 0.2) is 0 Å². The molecule has 3 atom stereocenters. The van der Waals surface area contributed by atoms with Crippen molar-refractivity contribution in [2.24, 2.45) is 0 Å². The Hall–Kier alpha value is -0.750. The molecule has 6 heteroatoms. The topological polar surface area (TPSA) is 77.8 Å². The van der Waals surface area contributed by atoms with E-state index >= 15 is 0 Å². The number of hydrogen-bond acceptors (Lipinski definition) is 4. The summed E-state index contributed by atoms with van der Waals surface area (Å²) in [7, 11) is 0. The number of aliphatic hydroxyl groups excluding tert-OH is 1. The van der Waals surface area contributed by atoms with E-state index < -0.39 is 28.8 Å². The third-order valence-corrected chi connectivity index (χ3v) is 4.20. The van der Waals surface area contributed by atoms with E-state index in [1.165, 1.54) is 16.7 Å². The number of aliphatic hydroxyl groups is 1. The van der Waals surface area contributed by atoms with Gasteiger partial charge in [0.25, 0.3) is 5.91 Å². The van der Waals surface area contributed by atoms with Gasteiger partial charge in [-0.2, -0.15) is 0 Å². The van der Waals surface area contributed by atoms with E-state index in [0.29, 0.717) is 0 Å². The summed E-state index contributed by atoms with van der Waals surface area (Å²) in [4.78, 5) is 23.5. The standard InChI is InChI=1S/C8H11NO4S/c1-8(2)4(7(12)13)9-5(11)3(10)6(9)14-8/h3-4,6,10H,1-2H3,(H,12,13)/t3-,4+,6-/m1/s1. The number of amides is 1. The van der Waals surface area contributed by atoms with Crippen LogP contribution in [-0.4, -0.2) is 49.3 Å². The number of fused-ring (bicyclic) bond motifs is 1. The summed E-state index contributed by atoms with van der Waals surface area (Å²) in [5, 5.41) is 17.9. The average Bonchev–Trinajstić information content (AvgIpc) is 2.34. The van der Waals surface area contributed by atoms with Gasteiger partial charge in [0.05, 0.1) is 0 Å². The second-order valence-corrected chi connectivity index (χ2v) is 5.81. The lowest BCUT2D eigenvalue weighted by Crippen LogP contribution is -2.65. The summed E-state index contributed by atoms with van der Waals surface area (Å²) in [5.74, 6) is -1.48. The molecule has 2 saturated heterocycles. The molecule has 0 aliphatic carbocycles. The molecule has 0 saturated carbocycles. The third-order valence-electron chi connectivity index (χ3n) is 2.65. The molecule has 0 unspecified atom stereocenters. The van der Waals surface area contributed by atoms with E-state index in [9.17, 15) is 14.7 Å². The minimum atomic E-state index is -1.02. The average molecular weight is 217 g/mol.